The van der Waals surface area contributed by atoms with E-state index in [9.17, 15) is 13.2 Å². The minimum Gasteiger partial charge on any atom is -0.382 e. The number of nitrogens with one attached hydrogen (secondary N) is 1. The summed E-state index contributed by atoms with van der Waals surface area (Å²) < 4.78 is 32.5. The third-order valence-electron chi connectivity index (χ3n) is 4.19. The molecule has 0 saturated carbocycles. The van der Waals surface area contributed by atoms with Crippen LogP contribution in [0.4, 0.5) is 0 Å². The lowest BCUT2D eigenvalue weighted by Gasteiger charge is -2.22. The van der Waals surface area contributed by atoms with Gasteiger partial charge in [-0.2, -0.15) is 4.31 Å². The Bertz CT molecular complexity index is 811. The number of carbonyl (C=O) groups excluding carboxylic acids is 1. The van der Waals surface area contributed by atoms with Gasteiger partial charge >= 0.3 is 0 Å². The van der Waals surface area contributed by atoms with Crippen LogP contribution in [0.25, 0.3) is 0 Å². The molecule has 2 rings (SSSR count). The third-order valence-corrected chi connectivity index (χ3v) is 6.04. The lowest BCUT2D eigenvalue weighted by Crippen LogP contribution is -2.42. The highest BCUT2D eigenvalue weighted by Crippen LogP contribution is 2.16. The summed E-state index contributed by atoms with van der Waals surface area (Å²) >= 11 is 0. The Morgan fingerprint density at radius 3 is 2.32 bits per heavy atom. The van der Waals surface area contributed by atoms with Crippen LogP contribution in [0, 0.1) is 0 Å². The molecule has 0 radical (unpaired) electrons. The first kappa shape index (κ1) is 22.1. The maximum atomic E-state index is 13.0. The zero-order valence-corrected chi connectivity index (χ0v) is 17.0. The van der Waals surface area contributed by atoms with Gasteiger partial charge in [-0.25, -0.2) is 8.42 Å². The van der Waals surface area contributed by atoms with Gasteiger partial charge in [-0.15, -0.1) is 0 Å². The summed E-state index contributed by atoms with van der Waals surface area (Å²) in [5, 5.41) is 2.77. The topological polar surface area (TPSA) is 75.7 Å². The second kappa shape index (κ2) is 11.6. The SMILES string of the molecule is CCOCCCNC(=O)CN(CCc1ccccc1)S(=O)(=O)c1ccccc1. The molecule has 0 fully saturated rings. The van der Waals surface area contributed by atoms with Gasteiger partial charge in [0, 0.05) is 26.3 Å². The Morgan fingerprint density at radius 2 is 1.68 bits per heavy atom. The van der Waals surface area contributed by atoms with Crippen LogP contribution in [0.1, 0.15) is 18.9 Å². The van der Waals surface area contributed by atoms with Gasteiger partial charge in [0.1, 0.15) is 0 Å². The minimum absolute atomic E-state index is 0.187. The second-order valence-electron chi connectivity index (χ2n) is 6.29. The number of benzene rings is 2. The number of hydrogen-bond donors (Lipinski definition) is 1. The molecule has 152 valence electrons. The molecule has 0 aliphatic rings. The van der Waals surface area contributed by atoms with Crippen molar-refractivity contribution in [2.24, 2.45) is 0 Å². The van der Waals surface area contributed by atoms with Crippen LogP contribution in [0.15, 0.2) is 65.6 Å². The molecule has 6 nitrogen and oxygen atoms in total. The van der Waals surface area contributed by atoms with Crippen LogP contribution < -0.4 is 5.32 Å². The lowest BCUT2D eigenvalue weighted by molar-refractivity contribution is -0.121. The smallest absolute Gasteiger partial charge is 0.243 e. The molecule has 0 aromatic heterocycles. The number of carbonyl (C=O) groups is 1. The molecule has 0 unspecified atom stereocenters. The van der Waals surface area contributed by atoms with Gasteiger partial charge in [0.25, 0.3) is 0 Å². The zero-order valence-electron chi connectivity index (χ0n) is 16.2. The maximum absolute atomic E-state index is 13.0. The van der Waals surface area contributed by atoms with E-state index in [-0.39, 0.29) is 23.9 Å². The molecule has 1 N–H and O–H groups in total. The Hall–Kier alpha value is -2.22. The van der Waals surface area contributed by atoms with Gasteiger partial charge < -0.3 is 10.1 Å². The first-order chi connectivity index (χ1) is 13.5. The summed E-state index contributed by atoms with van der Waals surface area (Å²) in [6, 6.07) is 17.8. The molecule has 7 heteroatoms. The third kappa shape index (κ3) is 7.07. The van der Waals surface area contributed by atoms with Gasteiger partial charge in [-0.05, 0) is 37.5 Å². The lowest BCUT2D eigenvalue weighted by atomic mass is 10.1. The Kier molecular flexibility index (Phi) is 9.13. The van der Waals surface area contributed by atoms with Crippen molar-refractivity contribution in [1.29, 1.82) is 0 Å². The van der Waals surface area contributed by atoms with E-state index < -0.39 is 10.0 Å². The van der Waals surface area contributed by atoms with E-state index in [4.69, 9.17) is 4.74 Å². The summed E-state index contributed by atoms with van der Waals surface area (Å²) in [4.78, 5) is 12.5. The van der Waals surface area contributed by atoms with E-state index >= 15 is 0 Å². The van der Waals surface area contributed by atoms with Gasteiger partial charge in [0.2, 0.25) is 15.9 Å². The highest BCUT2D eigenvalue weighted by molar-refractivity contribution is 7.89. The predicted octanol–water partition coefficient (Wildman–Crippen LogP) is 2.46. The molecule has 28 heavy (non-hydrogen) atoms. The fraction of sp³-hybridized carbons (Fsp3) is 0.381. The molecule has 0 saturated heterocycles. The van der Waals surface area contributed by atoms with Crippen molar-refractivity contribution in [2.75, 3.05) is 32.8 Å². The number of rotatable bonds is 12. The van der Waals surface area contributed by atoms with Crippen LogP contribution in [0.2, 0.25) is 0 Å². The summed E-state index contributed by atoms with van der Waals surface area (Å²) in [7, 11) is -3.76. The molecular weight excluding hydrogens is 376 g/mol. The highest BCUT2D eigenvalue weighted by atomic mass is 32.2. The number of ether oxygens (including phenoxy) is 1. The van der Waals surface area contributed by atoms with E-state index in [0.29, 0.717) is 32.6 Å². The van der Waals surface area contributed by atoms with E-state index in [1.165, 1.54) is 4.31 Å². The average molecular weight is 405 g/mol. The number of nitrogens with zero attached hydrogens (tertiary/aromatic N) is 1. The molecule has 0 spiro atoms. The summed E-state index contributed by atoms with van der Waals surface area (Å²) in [5.41, 5.74) is 1.02. The van der Waals surface area contributed by atoms with E-state index in [1.54, 1.807) is 30.3 Å². The highest BCUT2D eigenvalue weighted by Gasteiger charge is 2.26. The van der Waals surface area contributed by atoms with Crippen LogP contribution >= 0.6 is 0 Å². The maximum Gasteiger partial charge on any atom is 0.243 e. The fourth-order valence-electron chi connectivity index (χ4n) is 2.69. The minimum atomic E-state index is -3.76. The van der Waals surface area contributed by atoms with Gasteiger partial charge in [0.15, 0.2) is 0 Å². The molecule has 0 bridgehead atoms. The molecule has 2 aromatic rings. The number of amides is 1. The van der Waals surface area contributed by atoms with Crippen molar-refractivity contribution >= 4 is 15.9 Å². The van der Waals surface area contributed by atoms with Gasteiger partial charge in [0.05, 0.1) is 11.4 Å². The van der Waals surface area contributed by atoms with Crippen molar-refractivity contribution in [3.05, 3.63) is 66.2 Å². The van der Waals surface area contributed by atoms with Crippen LogP contribution in [-0.4, -0.2) is 51.5 Å². The quantitative estimate of drug-likeness (QED) is 0.552. The van der Waals surface area contributed by atoms with Crippen molar-refractivity contribution < 1.29 is 17.9 Å². The molecule has 0 heterocycles. The standard InChI is InChI=1S/C21H28N2O4S/c1-2-27-17-9-15-22-21(24)18-23(16-14-19-10-5-3-6-11-19)28(25,26)20-12-7-4-8-13-20/h3-8,10-13H,2,9,14-18H2,1H3,(H,22,24). The first-order valence-electron chi connectivity index (χ1n) is 9.47. The molecule has 0 aliphatic heterocycles. The monoisotopic (exact) mass is 404 g/mol. The summed E-state index contributed by atoms with van der Waals surface area (Å²) in [6.07, 6.45) is 1.22. The van der Waals surface area contributed by atoms with Gasteiger partial charge in [-0.1, -0.05) is 48.5 Å². The van der Waals surface area contributed by atoms with E-state index in [2.05, 4.69) is 5.32 Å². The van der Waals surface area contributed by atoms with E-state index in [1.807, 2.05) is 37.3 Å². The van der Waals surface area contributed by atoms with Crippen LogP contribution in [0.5, 0.6) is 0 Å². The second-order valence-corrected chi connectivity index (χ2v) is 8.23. The Morgan fingerprint density at radius 1 is 1.04 bits per heavy atom. The van der Waals surface area contributed by atoms with Crippen molar-refractivity contribution in [3.8, 4) is 0 Å². The van der Waals surface area contributed by atoms with Gasteiger partial charge in [-0.3, -0.25) is 4.79 Å². The molecule has 0 atom stereocenters. The number of sulfonamides is 1. The summed E-state index contributed by atoms with van der Waals surface area (Å²) in [6.45, 7) is 3.59. The molecule has 2 aromatic carbocycles. The van der Waals surface area contributed by atoms with Crippen LogP contribution in [0.3, 0.4) is 0 Å². The van der Waals surface area contributed by atoms with Crippen LogP contribution in [-0.2, 0) is 26.0 Å². The fourth-order valence-corrected chi connectivity index (χ4v) is 4.10. The molecule has 1 amide bonds. The largest absolute Gasteiger partial charge is 0.382 e. The van der Waals surface area contributed by atoms with Crippen molar-refractivity contribution in [1.82, 2.24) is 9.62 Å². The summed E-state index contributed by atoms with van der Waals surface area (Å²) in [5.74, 6) is -0.316. The normalized spacial score (nSPS) is 11.5. The zero-order chi connectivity index (χ0) is 20.2. The van der Waals surface area contributed by atoms with E-state index in [0.717, 1.165) is 5.56 Å². The molecule has 0 aliphatic carbocycles. The average Bonchev–Trinajstić information content (AvgIpc) is 2.72. The first-order valence-corrected chi connectivity index (χ1v) is 10.9. The Balaban J connectivity index is 2.04. The van der Waals surface area contributed by atoms with Crippen molar-refractivity contribution in [2.45, 2.75) is 24.7 Å². The number of hydrogen-bond acceptors (Lipinski definition) is 4. The van der Waals surface area contributed by atoms with Crippen molar-refractivity contribution in [3.63, 3.8) is 0 Å². The Labute approximate surface area is 167 Å². The predicted molar refractivity (Wildman–Crippen MR) is 109 cm³/mol. The molecular formula is C21H28N2O4S.